The van der Waals surface area contributed by atoms with Gasteiger partial charge < -0.3 is 14.6 Å². The zero-order valence-corrected chi connectivity index (χ0v) is 15.9. The van der Waals surface area contributed by atoms with E-state index >= 15 is 0 Å². The highest BCUT2D eigenvalue weighted by Gasteiger charge is 2.25. The molecule has 1 amide bonds. The van der Waals surface area contributed by atoms with Crippen molar-refractivity contribution in [3.8, 4) is 6.07 Å². The Morgan fingerprint density at radius 2 is 1.76 bits per heavy atom. The Morgan fingerprint density at radius 1 is 1.03 bits per heavy atom. The largest absolute Gasteiger partial charge is 0.405 e. The van der Waals surface area contributed by atoms with Gasteiger partial charge in [0.15, 0.2) is 0 Å². The lowest BCUT2D eigenvalue weighted by Crippen LogP contribution is -2.30. The van der Waals surface area contributed by atoms with Gasteiger partial charge in [-0.05, 0) is 49.1 Å². The quantitative estimate of drug-likeness (QED) is 0.720. The molecule has 1 aliphatic rings. The van der Waals surface area contributed by atoms with Crippen LogP contribution >= 0.6 is 0 Å². The van der Waals surface area contributed by atoms with E-state index in [1.54, 1.807) is 24.3 Å². The average molecular weight is 387 g/mol. The minimum atomic E-state index is -0.564. The van der Waals surface area contributed by atoms with Crippen molar-refractivity contribution < 1.29 is 9.21 Å². The van der Waals surface area contributed by atoms with Gasteiger partial charge in [-0.3, -0.25) is 4.79 Å². The van der Waals surface area contributed by atoms with Crippen molar-refractivity contribution in [2.45, 2.75) is 25.3 Å². The van der Waals surface area contributed by atoms with Crippen molar-refractivity contribution in [2.24, 2.45) is 0 Å². The first-order valence-corrected chi connectivity index (χ1v) is 9.69. The van der Waals surface area contributed by atoms with E-state index in [9.17, 15) is 4.79 Å². The third-order valence-corrected chi connectivity index (χ3v) is 4.99. The molecule has 0 spiro atoms. The summed E-state index contributed by atoms with van der Waals surface area (Å²) in [5.41, 5.74) is 1.81. The lowest BCUT2D eigenvalue weighted by atomic mass is 10.1. The number of rotatable bonds is 5. The summed E-state index contributed by atoms with van der Waals surface area (Å²) in [5.74, 6) is 0.0693. The molecule has 1 N–H and O–H groups in total. The first-order valence-electron chi connectivity index (χ1n) is 9.69. The molecule has 3 aromatic rings. The smallest absolute Gasteiger partial charge is 0.318 e. The highest BCUT2D eigenvalue weighted by Crippen LogP contribution is 2.25. The van der Waals surface area contributed by atoms with Gasteiger partial charge in [-0.15, -0.1) is 5.10 Å². The highest BCUT2D eigenvalue weighted by atomic mass is 16.4. The number of nitrogens with zero attached hydrogens (tertiary/aromatic N) is 4. The van der Waals surface area contributed by atoms with Crippen LogP contribution in [-0.4, -0.2) is 29.2 Å². The zero-order chi connectivity index (χ0) is 20.1. The molecule has 1 aliphatic heterocycles. The summed E-state index contributed by atoms with van der Waals surface area (Å²) in [4.78, 5) is 14.9. The van der Waals surface area contributed by atoms with Crippen LogP contribution in [0.25, 0.3) is 0 Å². The number of carbonyl (C=O) groups is 1. The molecule has 1 saturated heterocycles. The van der Waals surface area contributed by atoms with Crippen LogP contribution in [0.15, 0.2) is 59.0 Å². The van der Waals surface area contributed by atoms with Gasteiger partial charge in [-0.1, -0.05) is 35.4 Å². The number of hydrogen-bond acceptors (Lipinski definition) is 6. The van der Waals surface area contributed by atoms with Crippen LogP contribution in [0.2, 0.25) is 0 Å². The number of benzene rings is 2. The fourth-order valence-electron chi connectivity index (χ4n) is 3.40. The first kappa shape index (κ1) is 18.7. The minimum Gasteiger partial charge on any atom is -0.405 e. The van der Waals surface area contributed by atoms with Crippen molar-refractivity contribution in [1.29, 1.82) is 5.26 Å². The molecule has 7 nitrogen and oxygen atoms in total. The predicted octanol–water partition coefficient (Wildman–Crippen LogP) is 3.45. The lowest BCUT2D eigenvalue weighted by molar-refractivity contribution is 0.0938. The van der Waals surface area contributed by atoms with Gasteiger partial charge >= 0.3 is 6.01 Å². The Balaban J connectivity index is 1.59. The van der Waals surface area contributed by atoms with Crippen LogP contribution in [0.3, 0.4) is 0 Å². The van der Waals surface area contributed by atoms with E-state index in [2.05, 4.69) is 20.4 Å². The highest BCUT2D eigenvalue weighted by molar-refractivity contribution is 5.94. The average Bonchev–Trinajstić information content (AvgIpc) is 3.28. The van der Waals surface area contributed by atoms with E-state index in [-0.39, 0.29) is 5.91 Å². The molecule has 2 aromatic carbocycles. The molecule has 1 atom stereocenters. The fourth-order valence-corrected chi connectivity index (χ4v) is 3.40. The van der Waals surface area contributed by atoms with E-state index in [0.29, 0.717) is 23.0 Å². The maximum atomic E-state index is 12.8. The van der Waals surface area contributed by atoms with E-state index in [4.69, 9.17) is 9.68 Å². The van der Waals surface area contributed by atoms with Gasteiger partial charge in [0, 0.05) is 18.7 Å². The van der Waals surface area contributed by atoms with Crippen LogP contribution in [-0.2, 0) is 0 Å². The van der Waals surface area contributed by atoms with Crippen LogP contribution in [0.5, 0.6) is 0 Å². The van der Waals surface area contributed by atoms with E-state index in [1.807, 2.05) is 36.4 Å². The molecular weight excluding hydrogens is 366 g/mol. The normalized spacial score (nSPS) is 14.8. The second kappa shape index (κ2) is 8.57. The van der Waals surface area contributed by atoms with Crippen molar-refractivity contribution in [1.82, 2.24) is 15.5 Å². The molecule has 0 bridgehead atoms. The number of nitriles is 1. The lowest BCUT2D eigenvalue weighted by Gasteiger charge is -2.24. The van der Waals surface area contributed by atoms with Gasteiger partial charge in [0.25, 0.3) is 5.91 Å². The third-order valence-electron chi connectivity index (χ3n) is 4.99. The molecule has 2 heterocycles. The molecule has 0 radical (unpaired) electrons. The van der Waals surface area contributed by atoms with Gasteiger partial charge in [0.05, 0.1) is 11.6 Å². The van der Waals surface area contributed by atoms with Crippen molar-refractivity contribution in [2.75, 3.05) is 18.0 Å². The number of nitrogens with one attached hydrogen (secondary N) is 1. The number of amides is 1. The van der Waals surface area contributed by atoms with Gasteiger partial charge in [-0.2, -0.15) is 5.26 Å². The summed E-state index contributed by atoms with van der Waals surface area (Å²) in [6.07, 6.45) is 3.43. The number of anilines is 1. The van der Waals surface area contributed by atoms with E-state index < -0.39 is 6.04 Å². The number of hydrogen-bond donors (Lipinski definition) is 1. The fraction of sp³-hybridized carbons (Fsp3) is 0.273. The Labute approximate surface area is 169 Å². The molecule has 146 valence electrons. The number of aromatic nitrogens is 2. The second-order valence-electron chi connectivity index (χ2n) is 6.98. The SMILES string of the molecule is N#Cc1ccc(C(=O)N[C@H](c2ccccc2)c2nnc(N3CCCCC3)o2)cc1. The topological polar surface area (TPSA) is 95.0 Å². The van der Waals surface area contributed by atoms with Gasteiger partial charge in [0.1, 0.15) is 6.04 Å². The van der Waals surface area contributed by atoms with Crippen molar-refractivity contribution >= 4 is 11.9 Å². The molecule has 0 aliphatic carbocycles. The monoisotopic (exact) mass is 387 g/mol. The first-order chi connectivity index (χ1) is 14.2. The van der Waals surface area contributed by atoms with E-state index in [0.717, 1.165) is 31.5 Å². The van der Waals surface area contributed by atoms with Crippen molar-refractivity contribution in [3.05, 3.63) is 77.2 Å². The number of carbonyl (C=O) groups excluding carboxylic acids is 1. The summed E-state index contributed by atoms with van der Waals surface area (Å²) >= 11 is 0. The summed E-state index contributed by atoms with van der Waals surface area (Å²) in [7, 11) is 0. The van der Waals surface area contributed by atoms with Crippen molar-refractivity contribution in [3.63, 3.8) is 0 Å². The summed E-state index contributed by atoms with van der Waals surface area (Å²) in [5, 5.41) is 20.4. The summed E-state index contributed by atoms with van der Waals surface area (Å²) in [6.45, 7) is 1.80. The van der Waals surface area contributed by atoms with Crippen LogP contribution in [0, 0.1) is 11.3 Å². The molecule has 7 heteroatoms. The third kappa shape index (κ3) is 4.27. The Morgan fingerprint density at radius 3 is 2.45 bits per heavy atom. The molecule has 1 aromatic heterocycles. The molecule has 1 fully saturated rings. The Kier molecular flexibility index (Phi) is 5.52. The van der Waals surface area contributed by atoms with Crippen LogP contribution in [0.1, 0.15) is 52.7 Å². The molecule has 0 saturated carbocycles. The summed E-state index contributed by atoms with van der Waals surface area (Å²) < 4.78 is 5.96. The zero-order valence-electron chi connectivity index (χ0n) is 15.9. The maximum Gasteiger partial charge on any atom is 0.318 e. The Bertz CT molecular complexity index is 1000. The maximum absolute atomic E-state index is 12.8. The minimum absolute atomic E-state index is 0.277. The molecule has 29 heavy (non-hydrogen) atoms. The van der Waals surface area contributed by atoms with Crippen LogP contribution < -0.4 is 10.2 Å². The molecule has 4 rings (SSSR count). The van der Waals surface area contributed by atoms with Gasteiger partial charge in [0.2, 0.25) is 5.89 Å². The number of piperidine rings is 1. The predicted molar refractivity (Wildman–Crippen MR) is 107 cm³/mol. The molecule has 0 unspecified atom stereocenters. The molecular formula is C22H21N5O2. The standard InChI is InChI=1S/C22H21N5O2/c23-15-16-9-11-18(12-10-16)20(28)24-19(17-7-3-1-4-8-17)21-25-26-22(29-21)27-13-5-2-6-14-27/h1,3-4,7-12,19H,2,5-6,13-14H2,(H,24,28)/t19-/m1/s1. The second-order valence-corrected chi connectivity index (χ2v) is 6.98. The van der Waals surface area contributed by atoms with E-state index in [1.165, 1.54) is 6.42 Å². The van der Waals surface area contributed by atoms with Gasteiger partial charge in [-0.25, -0.2) is 0 Å². The summed E-state index contributed by atoms with van der Waals surface area (Å²) in [6, 6.07) is 18.0. The van der Waals surface area contributed by atoms with Crippen LogP contribution in [0.4, 0.5) is 6.01 Å². The Hall–Kier alpha value is -3.66.